The molecule has 0 amide bonds. The Labute approximate surface area is 65.8 Å². The van der Waals surface area contributed by atoms with Crippen molar-refractivity contribution in [1.82, 2.24) is 0 Å². The molecule has 0 atom stereocenters. The van der Waals surface area contributed by atoms with E-state index in [0.29, 0.717) is 0 Å². The van der Waals surface area contributed by atoms with Gasteiger partial charge in [-0.15, -0.1) is 0 Å². The topological polar surface area (TPSA) is 17.1 Å². The van der Waals surface area contributed by atoms with E-state index < -0.39 is 0 Å². The van der Waals surface area contributed by atoms with Crippen LogP contribution in [-0.4, -0.2) is 26.3 Å². The molecule has 0 rings (SSSR count). The summed E-state index contributed by atoms with van der Waals surface area (Å²) in [6, 6.07) is 0. The van der Waals surface area contributed by atoms with Crippen LogP contribution >= 0.6 is 0 Å². The van der Waals surface area contributed by atoms with Crippen molar-refractivity contribution >= 4 is 26.3 Å². The van der Waals surface area contributed by atoms with Gasteiger partial charge in [-0.3, -0.25) is 0 Å². The predicted octanol–water partition coefficient (Wildman–Crippen LogP) is -0.135. The Balaban J connectivity index is 0. The Morgan fingerprint density at radius 1 is 1.83 bits per heavy atom. The van der Waals surface area contributed by atoms with Gasteiger partial charge in [-0.1, -0.05) is 0 Å². The fraction of sp³-hybridized carbons (Fsp3) is 0. The van der Waals surface area contributed by atoms with Gasteiger partial charge in [-0.05, 0) is 0 Å². The van der Waals surface area contributed by atoms with Gasteiger partial charge in [0.25, 0.3) is 0 Å². The zero-order chi connectivity index (χ0) is 4.28. The summed E-state index contributed by atoms with van der Waals surface area (Å²) in [5.74, 6) is 0. The van der Waals surface area contributed by atoms with Crippen LogP contribution in [0, 0.1) is 0 Å². The van der Waals surface area contributed by atoms with Gasteiger partial charge in [-0.25, -0.2) is 0 Å². The first kappa shape index (κ1) is 10.0. The van der Waals surface area contributed by atoms with Crippen LogP contribution < -0.4 is 0 Å². The van der Waals surface area contributed by atoms with Gasteiger partial charge >= 0.3 is 43.8 Å². The number of carbonyl (C=O) groups excluding carboxylic acids is 1. The van der Waals surface area contributed by atoms with Gasteiger partial charge in [0.1, 0.15) is 0 Å². The quantitative estimate of drug-likeness (QED) is 0.464. The molecule has 0 aromatic carbocycles. The normalized spacial score (nSPS) is 5.50. The Morgan fingerprint density at radius 2 is 2.00 bits per heavy atom. The SMILES string of the molecule is C=C[C](=O)[Sn].[Au]. The first-order chi connectivity index (χ1) is 2.27. The third-order valence-corrected chi connectivity index (χ3v) is 0.768. The molecule has 1 nitrogen and oxygen atoms in total. The summed E-state index contributed by atoms with van der Waals surface area (Å²) >= 11 is 0.913. The van der Waals surface area contributed by atoms with Gasteiger partial charge in [0.2, 0.25) is 0 Å². The van der Waals surface area contributed by atoms with Crippen LogP contribution in [0.1, 0.15) is 0 Å². The molecule has 0 fully saturated rings. The van der Waals surface area contributed by atoms with E-state index in [0.717, 1.165) is 22.5 Å². The molecule has 0 saturated heterocycles. The molecule has 0 heterocycles. The van der Waals surface area contributed by atoms with Crippen LogP contribution in [0.2, 0.25) is 0 Å². The summed E-state index contributed by atoms with van der Waals surface area (Å²) in [5, 5.41) is 0. The molecule has 0 spiro atoms. The van der Waals surface area contributed by atoms with E-state index in [2.05, 4.69) is 6.58 Å². The number of hydrogen-bond acceptors (Lipinski definition) is 1. The minimum Gasteiger partial charge on any atom is 0 e. The third kappa shape index (κ3) is 8.87. The maximum absolute atomic E-state index is 9.73. The molecular formula is C3H3AuOSn. The van der Waals surface area contributed by atoms with E-state index in [1.54, 1.807) is 0 Å². The van der Waals surface area contributed by atoms with Crippen molar-refractivity contribution in [2.24, 2.45) is 0 Å². The van der Waals surface area contributed by atoms with E-state index in [1.807, 2.05) is 0 Å². The molecule has 0 bridgehead atoms. The Bertz CT molecular complexity index is 61.8. The Kier molecular flexibility index (Phi) is 9.96. The van der Waals surface area contributed by atoms with Crippen molar-refractivity contribution in [1.29, 1.82) is 0 Å². The van der Waals surface area contributed by atoms with Gasteiger partial charge in [0.15, 0.2) is 0 Å². The van der Waals surface area contributed by atoms with Crippen molar-refractivity contribution < 1.29 is 27.2 Å². The van der Waals surface area contributed by atoms with Gasteiger partial charge in [0.05, 0.1) is 0 Å². The zero-order valence-corrected chi connectivity index (χ0v) is 8.01. The number of carbonyl (C=O) groups is 1. The second-order valence-electron chi connectivity index (χ2n) is 0.568. The summed E-state index contributed by atoms with van der Waals surface area (Å²) in [4.78, 5) is 9.73. The van der Waals surface area contributed by atoms with Crippen LogP contribution in [0.3, 0.4) is 0 Å². The van der Waals surface area contributed by atoms with Crippen molar-refractivity contribution in [3.63, 3.8) is 0 Å². The van der Waals surface area contributed by atoms with Crippen LogP contribution in [-0.2, 0) is 27.2 Å². The van der Waals surface area contributed by atoms with Gasteiger partial charge in [-0.2, -0.15) is 0 Å². The summed E-state index contributed by atoms with van der Waals surface area (Å²) < 4.78 is 0.109. The number of rotatable bonds is 1. The Morgan fingerprint density at radius 3 is 2.00 bits per heavy atom. The van der Waals surface area contributed by atoms with E-state index >= 15 is 0 Å². The molecule has 0 aliphatic carbocycles. The number of hydrogen-bond donors (Lipinski definition) is 0. The average molecular weight is 371 g/mol. The van der Waals surface area contributed by atoms with Crippen LogP contribution in [0.4, 0.5) is 0 Å². The minimum atomic E-state index is 0. The molecule has 6 heavy (non-hydrogen) atoms. The summed E-state index contributed by atoms with van der Waals surface area (Å²) in [7, 11) is 0. The summed E-state index contributed by atoms with van der Waals surface area (Å²) in [6.45, 7) is 3.23. The third-order valence-electron chi connectivity index (χ3n) is 0.185. The van der Waals surface area contributed by atoms with Crippen LogP contribution in [0.25, 0.3) is 0 Å². The second kappa shape index (κ2) is 5.95. The molecular weight excluding hydrogens is 368 g/mol. The summed E-state index contributed by atoms with van der Waals surface area (Å²) in [6.07, 6.45) is 1.32. The molecule has 3 heteroatoms. The van der Waals surface area contributed by atoms with E-state index in [1.165, 1.54) is 6.08 Å². The maximum Gasteiger partial charge on any atom is 0 e. The van der Waals surface area contributed by atoms with Crippen molar-refractivity contribution in [2.45, 2.75) is 0 Å². The Hall–Kier alpha value is 0.949. The van der Waals surface area contributed by atoms with E-state index in [9.17, 15) is 4.79 Å². The largest absolute Gasteiger partial charge is 0 e. The molecule has 0 aromatic heterocycles. The van der Waals surface area contributed by atoms with Crippen molar-refractivity contribution in [3.8, 4) is 0 Å². The first-order valence-corrected chi connectivity index (χ1v) is 2.58. The van der Waals surface area contributed by atoms with Crippen LogP contribution in [0.15, 0.2) is 12.7 Å². The zero-order valence-electron chi connectivity index (χ0n) is 2.99. The maximum atomic E-state index is 9.73. The molecule has 0 aliphatic rings. The molecule has 0 unspecified atom stereocenters. The molecule has 0 aromatic rings. The van der Waals surface area contributed by atoms with Gasteiger partial charge in [0, 0.05) is 22.4 Å². The second-order valence-corrected chi connectivity index (χ2v) is 1.97. The standard InChI is InChI=1S/C3H3O.Au.Sn/c1-2-3-4;;/h2H,1H2;;. The van der Waals surface area contributed by atoms with Gasteiger partial charge < -0.3 is 0 Å². The minimum absolute atomic E-state index is 0. The monoisotopic (exact) mass is 372 g/mol. The summed E-state index contributed by atoms with van der Waals surface area (Å²) in [5.41, 5.74) is 0. The van der Waals surface area contributed by atoms with Crippen LogP contribution in [0.5, 0.6) is 0 Å². The molecule has 36 valence electrons. The fourth-order valence-electron chi connectivity index (χ4n) is 0. The fourth-order valence-corrected chi connectivity index (χ4v) is 0. The molecule has 4 radical (unpaired) electrons. The van der Waals surface area contributed by atoms with Crippen molar-refractivity contribution in [3.05, 3.63) is 12.7 Å². The predicted molar refractivity (Wildman–Crippen MR) is 21.0 cm³/mol. The first-order valence-electron chi connectivity index (χ1n) is 1.15. The molecule has 0 N–H and O–H groups in total. The molecule has 0 saturated carbocycles. The number of allylic oxidation sites excluding steroid dienone is 1. The van der Waals surface area contributed by atoms with E-state index in [-0.39, 0.29) is 26.2 Å². The van der Waals surface area contributed by atoms with E-state index in [4.69, 9.17) is 0 Å². The average Bonchev–Trinajstić information content (AvgIpc) is 1.38. The van der Waals surface area contributed by atoms with Crippen molar-refractivity contribution in [2.75, 3.05) is 0 Å². The smallest absolute Gasteiger partial charge is 0 e. The molecule has 0 aliphatic heterocycles.